The summed E-state index contributed by atoms with van der Waals surface area (Å²) in [5, 5.41) is 0. The summed E-state index contributed by atoms with van der Waals surface area (Å²) in [6.07, 6.45) is 7.84. The smallest absolute Gasteiger partial charge is 0.305 e. The Labute approximate surface area is 175 Å². The minimum Gasteiger partial charge on any atom is -0.496 e. The van der Waals surface area contributed by atoms with Crippen molar-refractivity contribution in [3.05, 3.63) is 29.8 Å². The molecule has 3 heterocycles. The van der Waals surface area contributed by atoms with E-state index in [0.29, 0.717) is 12.5 Å². The normalized spacial score (nSPS) is 29.9. The average Bonchev–Trinajstić information content (AvgIpc) is 2.76. The van der Waals surface area contributed by atoms with Gasteiger partial charge >= 0.3 is 5.97 Å². The molecule has 0 bridgehead atoms. The minimum atomic E-state index is -0.0853. The van der Waals surface area contributed by atoms with Crippen LogP contribution in [0, 0.1) is 11.8 Å². The second kappa shape index (κ2) is 9.48. The third-order valence-corrected chi connectivity index (χ3v) is 7.45. The molecule has 4 atom stereocenters. The number of esters is 1. The molecule has 5 heteroatoms. The highest BCUT2D eigenvalue weighted by Gasteiger charge is 2.48. The largest absolute Gasteiger partial charge is 0.496 e. The topological polar surface area (TPSA) is 42.0 Å². The quantitative estimate of drug-likeness (QED) is 0.653. The molecule has 3 saturated heterocycles. The van der Waals surface area contributed by atoms with Gasteiger partial charge in [-0.15, -0.1) is 0 Å². The number of piperidine rings is 3. The van der Waals surface area contributed by atoms with E-state index in [9.17, 15) is 4.79 Å². The van der Waals surface area contributed by atoms with Gasteiger partial charge in [-0.25, -0.2) is 0 Å². The lowest BCUT2D eigenvalue weighted by Gasteiger charge is -2.57. The first-order chi connectivity index (χ1) is 14.2. The number of methoxy groups -OCH3 is 2. The molecule has 0 aromatic heterocycles. The van der Waals surface area contributed by atoms with E-state index >= 15 is 0 Å². The SMILES string of the molecule is COC(=O)CCC[C@@H]1[C@H]2CCCN3CCC[C@H](CN1Cc1ccccc1OC)[C@@H]23. The van der Waals surface area contributed by atoms with Gasteiger partial charge in [0.05, 0.1) is 14.2 Å². The molecule has 0 saturated carbocycles. The number of carbonyl (C=O) groups excluding carboxylic acids is 1. The van der Waals surface area contributed by atoms with Crippen LogP contribution < -0.4 is 4.74 Å². The summed E-state index contributed by atoms with van der Waals surface area (Å²) in [4.78, 5) is 17.2. The van der Waals surface area contributed by atoms with Gasteiger partial charge in [-0.2, -0.15) is 0 Å². The van der Waals surface area contributed by atoms with E-state index in [1.807, 2.05) is 6.07 Å². The Morgan fingerprint density at radius 1 is 1.14 bits per heavy atom. The van der Waals surface area contributed by atoms with Crippen LogP contribution >= 0.6 is 0 Å². The molecule has 1 aromatic rings. The molecular weight excluding hydrogens is 364 g/mol. The Bertz CT molecular complexity index is 692. The van der Waals surface area contributed by atoms with Crippen molar-refractivity contribution < 1.29 is 14.3 Å². The maximum Gasteiger partial charge on any atom is 0.305 e. The number of benzene rings is 1. The van der Waals surface area contributed by atoms with Gasteiger partial charge in [-0.3, -0.25) is 14.6 Å². The van der Waals surface area contributed by atoms with Crippen LogP contribution in [0.25, 0.3) is 0 Å². The monoisotopic (exact) mass is 400 g/mol. The van der Waals surface area contributed by atoms with Gasteiger partial charge in [0.15, 0.2) is 0 Å². The zero-order valence-electron chi connectivity index (χ0n) is 18.0. The Hall–Kier alpha value is -1.59. The third kappa shape index (κ3) is 4.46. The van der Waals surface area contributed by atoms with E-state index < -0.39 is 0 Å². The molecule has 3 aliphatic rings. The van der Waals surface area contributed by atoms with Crippen LogP contribution in [0.5, 0.6) is 5.75 Å². The number of carbonyl (C=O) groups is 1. The number of para-hydroxylation sites is 1. The van der Waals surface area contributed by atoms with Gasteiger partial charge < -0.3 is 9.47 Å². The molecular formula is C24H36N2O3. The predicted molar refractivity (Wildman–Crippen MR) is 114 cm³/mol. The average molecular weight is 401 g/mol. The van der Waals surface area contributed by atoms with Gasteiger partial charge in [0, 0.05) is 37.2 Å². The van der Waals surface area contributed by atoms with Gasteiger partial charge in [0.2, 0.25) is 0 Å². The van der Waals surface area contributed by atoms with Crippen molar-refractivity contribution >= 4 is 5.97 Å². The lowest BCUT2D eigenvalue weighted by atomic mass is 9.69. The number of hydrogen-bond acceptors (Lipinski definition) is 5. The lowest BCUT2D eigenvalue weighted by Crippen LogP contribution is -2.64. The van der Waals surface area contributed by atoms with Gasteiger partial charge in [-0.05, 0) is 69.5 Å². The first-order valence-corrected chi connectivity index (χ1v) is 11.4. The second-order valence-electron chi connectivity index (χ2n) is 9.01. The third-order valence-electron chi connectivity index (χ3n) is 7.45. The van der Waals surface area contributed by atoms with E-state index in [0.717, 1.165) is 43.0 Å². The molecule has 0 N–H and O–H groups in total. The maximum absolute atomic E-state index is 11.7. The molecule has 0 aliphatic carbocycles. The summed E-state index contributed by atoms with van der Waals surface area (Å²) < 4.78 is 10.5. The molecule has 160 valence electrons. The van der Waals surface area contributed by atoms with E-state index in [4.69, 9.17) is 9.47 Å². The van der Waals surface area contributed by atoms with Crippen molar-refractivity contribution in [3.63, 3.8) is 0 Å². The zero-order valence-corrected chi connectivity index (χ0v) is 18.0. The molecule has 0 amide bonds. The Kier molecular flexibility index (Phi) is 6.76. The first kappa shape index (κ1) is 20.7. The maximum atomic E-state index is 11.7. The second-order valence-corrected chi connectivity index (χ2v) is 9.01. The number of rotatable bonds is 7. The Morgan fingerprint density at radius 2 is 1.93 bits per heavy atom. The molecule has 5 nitrogen and oxygen atoms in total. The minimum absolute atomic E-state index is 0.0853. The van der Waals surface area contributed by atoms with E-state index in [1.54, 1.807) is 7.11 Å². The van der Waals surface area contributed by atoms with Crippen LogP contribution in [-0.4, -0.2) is 61.7 Å². The molecule has 0 spiro atoms. The summed E-state index contributed by atoms with van der Waals surface area (Å²) in [5.41, 5.74) is 1.27. The van der Waals surface area contributed by atoms with E-state index in [1.165, 1.54) is 58.0 Å². The van der Waals surface area contributed by atoms with E-state index in [2.05, 4.69) is 28.0 Å². The standard InChI is InChI=1S/C24H36N2O3/c1-28-22-12-4-3-8-18(22)16-26-17-19-9-6-14-25-15-7-10-20(24(19)25)21(26)11-5-13-23(27)29-2/h3-4,8,12,19-21,24H,5-7,9-11,13-17H2,1-2H3/t19-,20-,21-,24+/m1/s1. The van der Waals surface area contributed by atoms with Crippen LogP contribution in [0.4, 0.5) is 0 Å². The van der Waals surface area contributed by atoms with Crippen molar-refractivity contribution in [1.82, 2.24) is 9.80 Å². The predicted octanol–water partition coefficient (Wildman–Crippen LogP) is 3.71. The summed E-state index contributed by atoms with van der Waals surface area (Å²) >= 11 is 0. The number of ether oxygens (including phenoxy) is 2. The van der Waals surface area contributed by atoms with Gasteiger partial charge in [-0.1, -0.05) is 18.2 Å². The zero-order chi connectivity index (χ0) is 20.2. The van der Waals surface area contributed by atoms with E-state index in [-0.39, 0.29) is 5.97 Å². The highest BCUT2D eigenvalue weighted by atomic mass is 16.5. The van der Waals surface area contributed by atoms with Crippen molar-refractivity contribution in [2.45, 2.75) is 63.6 Å². The summed E-state index contributed by atoms with van der Waals surface area (Å²) in [6, 6.07) is 9.70. The first-order valence-electron chi connectivity index (χ1n) is 11.4. The molecule has 0 unspecified atom stereocenters. The number of hydrogen-bond donors (Lipinski definition) is 0. The Balaban J connectivity index is 1.55. The highest BCUT2D eigenvalue weighted by Crippen LogP contribution is 2.44. The van der Waals surface area contributed by atoms with Crippen LogP contribution in [0.2, 0.25) is 0 Å². The molecule has 4 rings (SSSR count). The summed E-state index contributed by atoms with van der Waals surface area (Å²) in [7, 11) is 3.25. The Morgan fingerprint density at radius 3 is 2.72 bits per heavy atom. The van der Waals surface area contributed by atoms with Crippen molar-refractivity contribution in [3.8, 4) is 5.75 Å². The number of likely N-dealkylation sites (tertiary alicyclic amines) is 1. The summed E-state index contributed by atoms with van der Waals surface area (Å²) in [6.45, 7) is 4.66. The molecule has 3 aliphatic heterocycles. The molecule has 1 aromatic carbocycles. The van der Waals surface area contributed by atoms with Crippen molar-refractivity contribution in [2.75, 3.05) is 33.9 Å². The van der Waals surface area contributed by atoms with Crippen LogP contribution in [-0.2, 0) is 16.1 Å². The fraction of sp³-hybridized carbons (Fsp3) is 0.708. The summed E-state index contributed by atoms with van der Waals surface area (Å²) in [5.74, 6) is 2.39. The van der Waals surface area contributed by atoms with Crippen molar-refractivity contribution in [2.24, 2.45) is 11.8 Å². The van der Waals surface area contributed by atoms with Crippen molar-refractivity contribution in [1.29, 1.82) is 0 Å². The highest BCUT2D eigenvalue weighted by molar-refractivity contribution is 5.69. The molecule has 29 heavy (non-hydrogen) atoms. The lowest BCUT2D eigenvalue weighted by molar-refractivity contribution is -0.141. The van der Waals surface area contributed by atoms with Gasteiger partial charge in [0.1, 0.15) is 5.75 Å². The van der Waals surface area contributed by atoms with Crippen LogP contribution in [0.3, 0.4) is 0 Å². The van der Waals surface area contributed by atoms with Gasteiger partial charge in [0.25, 0.3) is 0 Å². The van der Waals surface area contributed by atoms with Crippen LogP contribution in [0.15, 0.2) is 24.3 Å². The molecule has 3 fully saturated rings. The fourth-order valence-corrected chi connectivity index (χ4v) is 6.27. The van der Waals surface area contributed by atoms with Crippen LogP contribution in [0.1, 0.15) is 50.5 Å². The molecule has 0 radical (unpaired) electrons. The number of nitrogens with zero attached hydrogens (tertiary/aromatic N) is 2. The fourth-order valence-electron chi connectivity index (χ4n) is 6.27.